The average Bonchev–Trinajstić information content (AvgIpc) is 2.78. The summed E-state index contributed by atoms with van der Waals surface area (Å²) in [6, 6.07) is 0. The van der Waals surface area contributed by atoms with E-state index < -0.39 is 0 Å². The van der Waals surface area contributed by atoms with E-state index >= 15 is 0 Å². The van der Waals surface area contributed by atoms with Crippen LogP contribution in [0.25, 0.3) is 0 Å². The Morgan fingerprint density at radius 3 is 2.57 bits per heavy atom. The van der Waals surface area contributed by atoms with Crippen molar-refractivity contribution in [3.63, 3.8) is 0 Å². The van der Waals surface area contributed by atoms with Crippen molar-refractivity contribution in [1.29, 1.82) is 0 Å². The number of nitrogens with one attached hydrogen (secondary N) is 3. The summed E-state index contributed by atoms with van der Waals surface area (Å²) in [6.45, 7) is 10.3. The normalized spacial score (nSPS) is 11.3. The zero-order valence-corrected chi connectivity index (χ0v) is 14.1. The molecule has 0 spiro atoms. The number of aromatic nitrogens is 1. The number of amides is 1. The molecule has 1 aromatic heterocycles. The fourth-order valence-electron chi connectivity index (χ4n) is 1.59. The van der Waals surface area contributed by atoms with E-state index in [2.05, 4.69) is 32.9 Å². The number of guanidine groups is 1. The molecule has 1 amide bonds. The van der Waals surface area contributed by atoms with Crippen molar-refractivity contribution < 1.29 is 4.79 Å². The van der Waals surface area contributed by atoms with Gasteiger partial charge >= 0.3 is 0 Å². The second kappa shape index (κ2) is 9.33. The van der Waals surface area contributed by atoms with E-state index in [9.17, 15) is 4.79 Å². The average molecular weight is 311 g/mol. The molecule has 0 radical (unpaired) electrons. The Morgan fingerprint density at radius 1 is 1.24 bits per heavy atom. The van der Waals surface area contributed by atoms with Gasteiger partial charge in [-0.3, -0.25) is 4.79 Å². The number of hydrogen-bond acceptors (Lipinski definition) is 4. The van der Waals surface area contributed by atoms with Gasteiger partial charge in [-0.1, -0.05) is 6.92 Å². The zero-order chi connectivity index (χ0) is 15.7. The molecule has 1 rings (SSSR count). The quantitative estimate of drug-likeness (QED) is 0.524. The Kier molecular flexibility index (Phi) is 7.74. The molecule has 0 aliphatic carbocycles. The minimum Gasteiger partial charge on any atom is -0.357 e. The van der Waals surface area contributed by atoms with Crippen molar-refractivity contribution >= 4 is 23.2 Å². The SMILES string of the molecule is CCCNC(=O)CN=C(NCC)NCc1nc(C)c(C)s1. The van der Waals surface area contributed by atoms with E-state index in [1.54, 1.807) is 11.3 Å². The first-order valence-corrected chi connectivity index (χ1v) is 8.10. The van der Waals surface area contributed by atoms with Crippen LogP contribution in [0.4, 0.5) is 0 Å². The molecule has 118 valence electrons. The van der Waals surface area contributed by atoms with Gasteiger partial charge in [0.05, 0.1) is 12.2 Å². The van der Waals surface area contributed by atoms with E-state index in [-0.39, 0.29) is 12.5 Å². The summed E-state index contributed by atoms with van der Waals surface area (Å²) in [5, 5.41) is 10.1. The Balaban J connectivity index is 2.50. The van der Waals surface area contributed by atoms with Crippen molar-refractivity contribution in [3.05, 3.63) is 15.6 Å². The van der Waals surface area contributed by atoms with Crippen LogP contribution in [0.5, 0.6) is 0 Å². The standard InChI is InChI=1S/C14H25N5OS/c1-5-7-16-12(20)8-17-14(15-6-2)18-9-13-19-10(3)11(4)21-13/h5-9H2,1-4H3,(H,16,20)(H2,15,17,18). The third-order valence-electron chi connectivity index (χ3n) is 2.78. The Hall–Kier alpha value is -1.63. The molecule has 3 N–H and O–H groups in total. The molecule has 0 saturated heterocycles. The summed E-state index contributed by atoms with van der Waals surface area (Å²) in [5.74, 6) is 0.574. The lowest BCUT2D eigenvalue weighted by atomic mass is 10.4. The summed E-state index contributed by atoms with van der Waals surface area (Å²) in [4.78, 5) is 21.5. The number of aliphatic imine (C=N–C) groups is 1. The van der Waals surface area contributed by atoms with E-state index in [4.69, 9.17) is 0 Å². The van der Waals surface area contributed by atoms with Gasteiger partial charge in [-0.05, 0) is 27.2 Å². The van der Waals surface area contributed by atoms with Gasteiger partial charge in [0.1, 0.15) is 11.6 Å². The van der Waals surface area contributed by atoms with E-state index in [1.807, 2.05) is 20.8 Å². The smallest absolute Gasteiger partial charge is 0.241 e. The zero-order valence-electron chi connectivity index (χ0n) is 13.2. The molecule has 1 aromatic rings. The summed E-state index contributed by atoms with van der Waals surface area (Å²) in [6.07, 6.45) is 0.927. The molecule has 21 heavy (non-hydrogen) atoms. The first-order chi connectivity index (χ1) is 10.1. The van der Waals surface area contributed by atoms with Crippen LogP contribution in [0, 0.1) is 13.8 Å². The van der Waals surface area contributed by atoms with Crippen LogP contribution in [0.3, 0.4) is 0 Å². The topological polar surface area (TPSA) is 78.4 Å². The molecule has 0 bridgehead atoms. The fourth-order valence-corrected chi connectivity index (χ4v) is 2.46. The van der Waals surface area contributed by atoms with Gasteiger partial charge in [0.25, 0.3) is 0 Å². The lowest BCUT2D eigenvalue weighted by Crippen LogP contribution is -2.38. The summed E-state index contributed by atoms with van der Waals surface area (Å²) >= 11 is 1.67. The highest BCUT2D eigenvalue weighted by molar-refractivity contribution is 7.11. The number of hydrogen-bond donors (Lipinski definition) is 3. The number of nitrogens with zero attached hydrogens (tertiary/aromatic N) is 2. The summed E-state index contributed by atoms with van der Waals surface area (Å²) < 4.78 is 0. The Bertz CT molecular complexity index is 464. The number of carbonyl (C=O) groups is 1. The van der Waals surface area contributed by atoms with Crippen LogP contribution in [-0.2, 0) is 11.3 Å². The number of thiazole rings is 1. The maximum Gasteiger partial charge on any atom is 0.241 e. The van der Waals surface area contributed by atoms with Crippen LogP contribution in [0.2, 0.25) is 0 Å². The molecule has 0 fully saturated rings. The van der Waals surface area contributed by atoms with Gasteiger partial charge in [-0.15, -0.1) is 11.3 Å². The first kappa shape index (κ1) is 17.4. The van der Waals surface area contributed by atoms with Crippen molar-refractivity contribution in [2.24, 2.45) is 4.99 Å². The van der Waals surface area contributed by atoms with Crippen LogP contribution >= 0.6 is 11.3 Å². The number of aryl methyl sites for hydroxylation is 2. The van der Waals surface area contributed by atoms with Crippen LogP contribution in [0.15, 0.2) is 4.99 Å². The molecular weight excluding hydrogens is 286 g/mol. The van der Waals surface area contributed by atoms with Crippen molar-refractivity contribution in [2.45, 2.75) is 40.7 Å². The minimum absolute atomic E-state index is 0.0602. The molecule has 6 nitrogen and oxygen atoms in total. The molecule has 0 aliphatic rings. The van der Waals surface area contributed by atoms with Gasteiger partial charge in [-0.2, -0.15) is 0 Å². The number of rotatable bonds is 7. The van der Waals surface area contributed by atoms with Gasteiger partial charge in [0.2, 0.25) is 5.91 Å². The molecule has 0 aliphatic heterocycles. The first-order valence-electron chi connectivity index (χ1n) is 7.28. The largest absolute Gasteiger partial charge is 0.357 e. The van der Waals surface area contributed by atoms with Gasteiger partial charge < -0.3 is 16.0 Å². The third kappa shape index (κ3) is 6.57. The highest BCUT2D eigenvalue weighted by Gasteiger charge is 2.05. The minimum atomic E-state index is -0.0602. The molecule has 7 heteroatoms. The molecule has 0 unspecified atom stereocenters. The fraction of sp³-hybridized carbons (Fsp3) is 0.643. The van der Waals surface area contributed by atoms with Gasteiger partial charge in [-0.25, -0.2) is 9.98 Å². The molecule has 0 aromatic carbocycles. The van der Waals surface area contributed by atoms with Crippen molar-refractivity contribution in [2.75, 3.05) is 19.6 Å². The lowest BCUT2D eigenvalue weighted by molar-refractivity contribution is -0.119. The maximum absolute atomic E-state index is 11.5. The Labute approximate surface area is 130 Å². The lowest BCUT2D eigenvalue weighted by Gasteiger charge is -2.10. The monoisotopic (exact) mass is 311 g/mol. The van der Waals surface area contributed by atoms with E-state index in [0.717, 1.165) is 23.7 Å². The summed E-state index contributed by atoms with van der Waals surface area (Å²) in [5.41, 5.74) is 1.07. The predicted molar refractivity (Wildman–Crippen MR) is 87.7 cm³/mol. The predicted octanol–water partition coefficient (Wildman–Crippen LogP) is 1.34. The third-order valence-corrected chi connectivity index (χ3v) is 3.85. The number of carbonyl (C=O) groups excluding carboxylic acids is 1. The molecule has 1 heterocycles. The van der Waals surface area contributed by atoms with Crippen LogP contribution in [-0.4, -0.2) is 36.5 Å². The maximum atomic E-state index is 11.5. The molecule has 0 saturated carbocycles. The van der Waals surface area contributed by atoms with Crippen molar-refractivity contribution in [1.82, 2.24) is 20.9 Å². The Morgan fingerprint density at radius 2 is 2.00 bits per heavy atom. The highest BCUT2D eigenvalue weighted by Crippen LogP contribution is 2.15. The highest BCUT2D eigenvalue weighted by atomic mass is 32.1. The second-order valence-corrected chi connectivity index (χ2v) is 5.94. The van der Waals surface area contributed by atoms with Crippen molar-refractivity contribution in [3.8, 4) is 0 Å². The second-order valence-electron chi connectivity index (χ2n) is 4.65. The van der Waals surface area contributed by atoms with Gasteiger partial charge in [0.15, 0.2) is 5.96 Å². The van der Waals surface area contributed by atoms with Gasteiger partial charge in [0, 0.05) is 18.0 Å². The van der Waals surface area contributed by atoms with Crippen LogP contribution in [0.1, 0.15) is 35.8 Å². The van der Waals surface area contributed by atoms with E-state index in [0.29, 0.717) is 19.0 Å². The van der Waals surface area contributed by atoms with Crippen LogP contribution < -0.4 is 16.0 Å². The molecular formula is C14H25N5OS. The molecule has 0 atom stereocenters. The summed E-state index contributed by atoms with van der Waals surface area (Å²) in [7, 11) is 0. The van der Waals surface area contributed by atoms with E-state index in [1.165, 1.54) is 4.88 Å².